The van der Waals surface area contributed by atoms with Crippen molar-refractivity contribution in [2.24, 2.45) is 5.73 Å². The zero-order chi connectivity index (χ0) is 24.6. The number of benzene rings is 2. The van der Waals surface area contributed by atoms with Crippen LogP contribution in [-0.2, 0) is 4.74 Å². The Morgan fingerprint density at radius 2 is 1.75 bits per heavy atom. The Labute approximate surface area is 219 Å². The van der Waals surface area contributed by atoms with Gasteiger partial charge in [0.05, 0.1) is 18.7 Å². The van der Waals surface area contributed by atoms with Gasteiger partial charge >= 0.3 is 6.03 Å². The van der Waals surface area contributed by atoms with Crippen molar-refractivity contribution in [1.82, 2.24) is 14.9 Å². The molecule has 2 saturated heterocycles. The van der Waals surface area contributed by atoms with E-state index in [1.54, 1.807) is 0 Å². The smallest absolute Gasteiger partial charge is 0.338 e. The van der Waals surface area contributed by atoms with Gasteiger partial charge in [-0.05, 0) is 36.1 Å². The predicted molar refractivity (Wildman–Crippen MR) is 143 cm³/mol. The second kappa shape index (κ2) is 13.6. The van der Waals surface area contributed by atoms with Gasteiger partial charge in [0.25, 0.3) is 0 Å². The van der Waals surface area contributed by atoms with Crippen LogP contribution in [0.5, 0.6) is 0 Å². The Morgan fingerprint density at radius 1 is 1.08 bits per heavy atom. The van der Waals surface area contributed by atoms with Crippen molar-refractivity contribution in [1.29, 1.82) is 0 Å². The molecule has 0 aromatic heterocycles. The fourth-order valence-electron chi connectivity index (χ4n) is 4.79. The predicted octanol–water partition coefficient (Wildman–Crippen LogP) is 4.39. The molecular weight excluding hydrogens is 476 g/mol. The highest BCUT2D eigenvalue weighted by atomic mass is 35.5. The average Bonchev–Trinajstić information content (AvgIpc) is 3.32. The van der Waals surface area contributed by atoms with Crippen LogP contribution in [-0.4, -0.2) is 77.6 Å². The molecule has 2 heterocycles. The highest BCUT2D eigenvalue weighted by Gasteiger charge is 2.30. The molecule has 3 N–H and O–H groups in total. The average molecular weight is 513 g/mol. The molecule has 36 heavy (non-hydrogen) atoms. The minimum atomic E-state index is -0.868. The van der Waals surface area contributed by atoms with E-state index in [1.807, 2.05) is 12.1 Å². The number of hydroxylamine groups is 2. The number of hydrogen-bond donors (Lipinski definition) is 2. The number of hydrogen-bond acceptors (Lipinski definition) is 5. The van der Waals surface area contributed by atoms with Crippen LogP contribution in [0.4, 0.5) is 4.79 Å². The van der Waals surface area contributed by atoms with E-state index in [4.69, 9.17) is 22.1 Å². The maximum atomic E-state index is 10.8. The monoisotopic (exact) mass is 512 g/mol. The molecule has 2 aliphatic rings. The van der Waals surface area contributed by atoms with E-state index in [9.17, 15) is 10.0 Å². The van der Waals surface area contributed by atoms with Crippen molar-refractivity contribution >= 4 is 17.6 Å². The lowest BCUT2D eigenvalue weighted by Gasteiger charge is -2.40. The van der Waals surface area contributed by atoms with Crippen LogP contribution >= 0.6 is 11.6 Å². The molecule has 0 unspecified atom stereocenters. The van der Waals surface area contributed by atoms with Crippen molar-refractivity contribution in [3.8, 4) is 11.8 Å². The minimum Gasteiger partial charge on any atom is -0.361 e. The van der Waals surface area contributed by atoms with Gasteiger partial charge in [-0.2, -0.15) is 0 Å². The molecule has 2 amide bonds. The maximum Gasteiger partial charge on any atom is 0.338 e. The van der Waals surface area contributed by atoms with Crippen LogP contribution in [0.25, 0.3) is 0 Å². The molecule has 0 aliphatic carbocycles. The van der Waals surface area contributed by atoms with Crippen LogP contribution in [0.1, 0.15) is 43.9 Å². The molecule has 8 heteroatoms. The quantitative estimate of drug-likeness (QED) is 0.326. The SMILES string of the molecule is C.NC(=O)N(O)CCC#C[C@@H]1CC[C@@H](CN2CCN([C@H](c3ccccc3)c3ccc(Cl)cc3)CC2)O1. The van der Waals surface area contributed by atoms with Crippen molar-refractivity contribution in [2.75, 3.05) is 39.3 Å². The highest BCUT2D eigenvalue weighted by Crippen LogP contribution is 2.30. The minimum absolute atomic E-state index is 0. The van der Waals surface area contributed by atoms with Crippen molar-refractivity contribution in [3.63, 3.8) is 0 Å². The number of piperazine rings is 1. The van der Waals surface area contributed by atoms with E-state index in [0.29, 0.717) is 11.5 Å². The first-order valence-electron chi connectivity index (χ1n) is 12.2. The van der Waals surface area contributed by atoms with Gasteiger partial charge in [0.2, 0.25) is 0 Å². The third-order valence-corrected chi connectivity index (χ3v) is 6.86. The largest absolute Gasteiger partial charge is 0.361 e. The summed E-state index contributed by atoms with van der Waals surface area (Å²) in [6, 6.07) is 18.2. The van der Waals surface area contributed by atoms with Gasteiger partial charge in [0.15, 0.2) is 0 Å². The summed E-state index contributed by atoms with van der Waals surface area (Å²) in [5, 5.41) is 10.5. The summed E-state index contributed by atoms with van der Waals surface area (Å²) in [5.74, 6) is 6.08. The van der Waals surface area contributed by atoms with E-state index in [-0.39, 0.29) is 32.2 Å². The number of halogens is 1. The molecule has 0 bridgehead atoms. The zero-order valence-electron chi connectivity index (χ0n) is 19.9. The van der Waals surface area contributed by atoms with Gasteiger partial charge in [-0.15, -0.1) is 0 Å². The summed E-state index contributed by atoms with van der Waals surface area (Å²) in [7, 11) is 0. The van der Waals surface area contributed by atoms with Crippen LogP contribution < -0.4 is 5.73 Å². The molecule has 7 nitrogen and oxygen atoms in total. The number of ether oxygens (including phenoxy) is 1. The summed E-state index contributed by atoms with van der Waals surface area (Å²) >= 11 is 6.15. The van der Waals surface area contributed by atoms with E-state index in [0.717, 1.165) is 50.6 Å². The number of primary amides is 1. The first kappa shape index (κ1) is 28.0. The summed E-state index contributed by atoms with van der Waals surface area (Å²) in [4.78, 5) is 15.8. The first-order valence-corrected chi connectivity index (χ1v) is 12.5. The highest BCUT2D eigenvalue weighted by molar-refractivity contribution is 6.30. The molecule has 4 rings (SSSR count). The summed E-state index contributed by atoms with van der Waals surface area (Å²) in [5.41, 5.74) is 7.54. The Kier molecular flexibility index (Phi) is 10.6. The molecule has 2 aromatic rings. The number of urea groups is 1. The summed E-state index contributed by atoms with van der Waals surface area (Å²) in [6.07, 6.45) is 2.35. The molecule has 2 aromatic carbocycles. The summed E-state index contributed by atoms with van der Waals surface area (Å²) < 4.78 is 6.13. The molecule has 2 fully saturated rings. The third kappa shape index (κ3) is 7.70. The fraction of sp³-hybridized carbons (Fsp3) is 0.464. The van der Waals surface area contributed by atoms with Gasteiger partial charge in [-0.25, -0.2) is 9.86 Å². The lowest BCUT2D eigenvalue weighted by molar-refractivity contribution is -0.0373. The number of rotatable bonds is 7. The van der Waals surface area contributed by atoms with Crippen LogP contribution in [0.2, 0.25) is 5.02 Å². The Hall–Kier alpha value is -2.60. The second-order valence-electron chi connectivity index (χ2n) is 9.06. The van der Waals surface area contributed by atoms with Gasteiger partial charge in [-0.1, -0.05) is 73.3 Å². The van der Waals surface area contributed by atoms with Crippen LogP contribution in [0.3, 0.4) is 0 Å². The fourth-order valence-corrected chi connectivity index (χ4v) is 4.92. The molecule has 0 saturated carbocycles. The molecule has 3 atom stereocenters. The Bertz CT molecular complexity index is 1020. The molecule has 2 aliphatic heterocycles. The van der Waals surface area contributed by atoms with Crippen molar-refractivity contribution in [2.45, 2.75) is 44.9 Å². The number of amides is 2. The molecule has 194 valence electrons. The van der Waals surface area contributed by atoms with Crippen molar-refractivity contribution in [3.05, 3.63) is 70.7 Å². The number of carbonyl (C=O) groups excluding carboxylic acids is 1. The van der Waals surface area contributed by atoms with Gasteiger partial charge < -0.3 is 10.5 Å². The van der Waals surface area contributed by atoms with Crippen LogP contribution in [0, 0.1) is 11.8 Å². The second-order valence-corrected chi connectivity index (χ2v) is 9.49. The van der Waals surface area contributed by atoms with E-state index < -0.39 is 6.03 Å². The van der Waals surface area contributed by atoms with Gasteiger partial charge in [-0.3, -0.25) is 15.0 Å². The third-order valence-electron chi connectivity index (χ3n) is 6.61. The molecule has 0 spiro atoms. The van der Waals surface area contributed by atoms with Gasteiger partial charge in [0.1, 0.15) is 6.10 Å². The van der Waals surface area contributed by atoms with Crippen LogP contribution in [0.15, 0.2) is 54.6 Å². The first-order chi connectivity index (χ1) is 17.0. The molecule has 0 radical (unpaired) electrons. The normalized spacial score (nSPS) is 21.2. The zero-order valence-corrected chi connectivity index (χ0v) is 20.6. The van der Waals surface area contributed by atoms with E-state index in [2.05, 4.69) is 64.1 Å². The standard InChI is InChI=1S/C27H33ClN4O3.CH4/c28-23-11-9-22(10-12-23)26(21-6-2-1-3-7-21)31-18-16-30(17-19-31)20-25-14-13-24(35-25)8-4-5-15-32(34)27(29)33;/h1-3,6-7,9-12,24-26,34H,5,13-20H2,(H2,29,33);1H4/t24-,25+,26-;/m1./s1. The number of carbonyl (C=O) groups is 1. The summed E-state index contributed by atoms with van der Waals surface area (Å²) in [6.45, 7) is 4.96. The topological polar surface area (TPSA) is 82.3 Å². The number of nitrogens with two attached hydrogens (primary N) is 1. The van der Waals surface area contributed by atoms with E-state index in [1.165, 1.54) is 11.1 Å². The maximum absolute atomic E-state index is 10.8. The van der Waals surface area contributed by atoms with Gasteiger partial charge in [0, 0.05) is 44.2 Å². The number of nitrogens with zero attached hydrogens (tertiary/aromatic N) is 3. The lowest BCUT2D eigenvalue weighted by atomic mass is 9.96. The Balaban J connectivity index is 0.00000361. The lowest BCUT2D eigenvalue weighted by Crippen LogP contribution is -2.49. The van der Waals surface area contributed by atoms with E-state index >= 15 is 0 Å². The Morgan fingerprint density at radius 3 is 2.42 bits per heavy atom. The van der Waals surface area contributed by atoms with Crippen molar-refractivity contribution < 1.29 is 14.7 Å². The molecular formula is C28H37ClN4O3.